The molecule has 19 heavy (non-hydrogen) atoms. The van der Waals surface area contributed by atoms with Crippen molar-refractivity contribution in [2.75, 3.05) is 13.1 Å². The smallest absolute Gasteiger partial charge is 0.225 e. The highest BCUT2D eigenvalue weighted by Crippen LogP contribution is 2.32. The summed E-state index contributed by atoms with van der Waals surface area (Å²) in [7, 11) is 0. The van der Waals surface area contributed by atoms with Crippen molar-refractivity contribution in [2.24, 2.45) is 11.8 Å². The van der Waals surface area contributed by atoms with Crippen LogP contribution in [0.25, 0.3) is 0 Å². The van der Waals surface area contributed by atoms with E-state index in [1.54, 1.807) is 0 Å². The van der Waals surface area contributed by atoms with Crippen LogP contribution in [0.15, 0.2) is 0 Å². The van der Waals surface area contributed by atoms with E-state index in [0.29, 0.717) is 18.9 Å². The van der Waals surface area contributed by atoms with Crippen LogP contribution in [0.3, 0.4) is 0 Å². The Balaban J connectivity index is 1.84. The molecule has 2 amide bonds. The number of carbonyl (C=O) groups is 2. The van der Waals surface area contributed by atoms with E-state index in [2.05, 4.69) is 12.2 Å². The summed E-state index contributed by atoms with van der Waals surface area (Å²) in [6.07, 6.45) is 4.88. The molecule has 1 saturated carbocycles. The summed E-state index contributed by atoms with van der Waals surface area (Å²) in [6.45, 7) is 7.69. The molecule has 4 nitrogen and oxygen atoms in total. The molecule has 1 atom stereocenters. The predicted octanol–water partition coefficient (Wildman–Crippen LogP) is 1.94. The molecule has 4 heteroatoms. The molecule has 2 fully saturated rings. The average Bonchev–Trinajstić information content (AvgIpc) is 3.02. The van der Waals surface area contributed by atoms with Gasteiger partial charge in [0.1, 0.15) is 0 Å². The van der Waals surface area contributed by atoms with Crippen molar-refractivity contribution >= 4 is 11.8 Å². The fourth-order valence-corrected chi connectivity index (χ4v) is 2.86. The third kappa shape index (κ3) is 3.95. The highest BCUT2D eigenvalue weighted by molar-refractivity contribution is 5.89. The number of nitrogens with one attached hydrogen (secondary N) is 1. The van der Waals surface area contributed by atoms with Crippen LogP contribution in [0.2, 0.25) is 0 Å². The zero-order chi connectivity index (χ0) is 14.0. The van der Waals surface area contributed by atoms with Crippen LogP contribution in [0.1, 0.15) is 52.9 Å². The predicted molar refractivity (Wildman–Crippen MR) is 74.5 cm³/mol. The van der Waals surface area contributed by atoms with Gasteiger partial charge in [-0.3, -0.25) is 9.59 Å². The van der Waals surface area contributed by atoms with E-state index < -0.39 is 0 Å². The maximum atomic E-state index is 12.2. The Kier molecular flexibility index (Phi) is 4.16. The SMILES string of the molecule is CCCC(C)(C)NC(=O)[C@@H]1CC(=O)N(CC2CC2)C1. The van der Waals surface area contributed by atoms with E-state index in [9.17, 15) is 9.59 Å². The van der Waals surface area contributed by atoms with Crippen LogP contribution < -0.4 is 5.32 Å². The first kappa shape index (κ1) is 14.4. The van der Waals surface area contributed by atoms with E-state index >= 15 is 0 Å². The first-order chi connectivity index (χ1) is 8.91. The van der Waals surface area contributed by atoms with Gasteiger partial charge in [-0.2, -0.15) is 0 Å². The van der Waals surface area contributed by atoms with Crippen molar-refractivity contribution in [1.82, 2.24) is 10.2 Å². The van der Waals surface area contributed by atoms with Crippen LogP contribution in [0.4, 0.5) is 0 Å². The minimum atomic E-state index is -0.168. The largest absolute Gasteiger partial charge is 0.351 e. The molecule has 0 aromatic heterocycles. The molecule has 0 aromatic rings. The van der Waals surface area contributed by atoms with Crippen molar-refractivity contribution in [3.8, 4) is 0 Å². The first-order valence-corrected chi connectivity index (χ1v) is 7.51. The number of hydrogen-bond donors (Lipinski definition) is 1. The second kappa shape index (κ2) is 5.51. The van der Waals surface area contributed by atoms with Crippen LogP contribution in [-0.2, 0) is 9.59 Å². The van der Waals surface area contributed by atoms with Crippen molar-refractivity contribution in [3.05, 3.63) is 0 Å². The quantitative estimate of drug-likeness (QED) is 0.798. The molecule has 2 rings (SSSR count). The second-order valence-electron chi connectivity index (χ2n) is 6.77. The van der Waals surface area contributed by atoms with Crippen LogP contribution in [-0.4, -0.2) is 35.3 Å². The molecule has 0 radical (unpaired) electrons. The lowest BCUT2D eigenvalue weighted by Gasteiger charge is -2.27. The number of nitrogens with zero attached hydrogens (tertiary/aromatic N) is 1. The Bertz CT molecular complexity index is 361. The summed E-state index contributed by atoms with van der Waals surface area (Å²) in [4.78, 5) is 26.0. The second-order valence-corrected chi connectivity index (χ2v) is 6.77. The third-order valence-electron chi connectivity index (χ3n) is 4.10. The van der Waals surface area contributed by atoms with Gasteiger partial charge >= 0.3 is 0 Å². The van der Waals surface area contributed by atoms with E-state index in [0.717, 1.165) is 19.4 Å². The Morgan fingerprint density at radius 1 is 1.42 bits per heavy atom. The van der Waals surface area contributed by atoms with Gasteiger partial charge in [0.25, 0.3) is 0 Å². The third-order valence-corrected chi connectivity index (χ3v) is 4.10. The number of rotatable bonds is 6. The monoisotopic (exact) mass is 266 g/mol. The van der Waals surface area contributed by atoms with Gasteiger partial charge in [0.15, 0.2) is 0 Å². The molecule has 1 N–H and O–H groups in total. The molecule has 1 heterocycles. The number of amides is 2. The fourth-order valence-electron chi connectivity index (χ4n) is 2.86. The molecular weight excluding hydrogens is 240 g/mol. The Labute approximate surface area is 115 Å². The molecule has 0 spiro atoms. The Morgan fingerprint density at radius 3 is 2.68 bits per heavy atom. The van der Waals surface area contributed by atoms with Crippen molar-refractivity contribution in [3.63, 3.8) is 0 Å². The maximum Gasteiger partial charge on any atom is 0.225 e. The zero-order valence-corrected chi connectivity index (χ0v) is 12.4. The summed E-state index contributed by atoms with van der Waals surface area (Å²) < 4.78 is 0. The highest BCUT2D eigenvalue weighted by Gasteiger charge is 2.38. The van der Waals surface area contributed by atoms with E-state index in [1.807, 2.05) is 18.7 Å². The van der Waals surface area contributed by atoms with Crippen molar-refractivity contribution in [2.45, 2.75) is 58.4 Å². The van der Waals surface area contributed by atoms with Gasteiger partial charge < -0.3 is 10.2 Å². The molecular formula is C15H26N2O2. The zero-order valence-electron chi connectivity index (χ0n) is 12.4. The summed E-state index contributed by atoms with van der Waals surface area (Å²) in [5.74, 6) is 0.745. The standard InChI is InChI=1S/C15H26N2O2/c1-4-7-15(2,3)16-14(19)12-8-13(18)17(10-12)9-11-5-6-11/h11-12H,4-10H2,1-3H3,(H,16,19)/t12-/m1/s1. The van der Waals surface area contributed by atoms with Gasteiger partial charge in [-0.15, -0.1) is 0 Å². The minimum Gasteiger partial charge on any atom is -0.351 e. The molecule has 0 aromatic carbocycles. The van der Waals surface area contributed by atoms with E-state index in [1.165, 1.54) is 12.8 Å². The Hall–Kier alpha value is -1.06. The van der Waals surface area contributed by atoms with E-state index in [4.69, 9.17) is 0 Å². The molecule has 0 bridgehead atoms. The molecule has 0 unspecified atom stereocenters. The summed E-state index contributed by atoms with van der Waals surface area (Å²) >= 11 is 0. The van der Waals surface area contributed by atoms with Gasteiger partial charge in [0.05, 0.1) is 5.92 Å². The molecule has 108 valence electrons. The van der Waals surface area contributed by atoms with Gasteiger partial charge in [-0.1, -0.05) is 13.3 Å². The van der Waals surface area contributed by atoms with Crippen molar-refractivity contribution < 1.29 is 9.59 Å². The lowest BCUT2D eigenvalue weighted by molar-refractivity contribution is -0.129. The van der Waals surface area contributed by atoms with Gasteiger partial charge in [-0.05, 0) is 39.0 Å². The average molecular weight is 266 g/mol. The topological polar surface area (TPSA) is 49.4 Å². The molecule has 1 saturated heterocycles. The van der Waals surface area contributed by atoms with Crippen LogP contribution in [0, 0.1) is 11.8 Å². The maximum absolute atomic E-state index is 12.2. The number of hydrogen-bond acceptors (Lipinski definition) is 2. The molecule has 2 aliphatic rings. The number of carbonyl (C=O) groups excluding carboxylic acids is 2. The Morgan fingerprint density at radius 2 is 2.11 bits per heavy atom. The van der Waals surface area contributed by atoms with Crippen LogP contribution in [0.5, 0.6) is 0 Å². The summed E-state index contributed by atoms with van der Waals surface area (Å²) in [5.41, 5.74) is -0.168. The molecule has 1 aliphatic heterocycles. The summed E-state index contributed by atoms with van der Waals surface area (Å²) in [6, 6.07) is 0. The van der Waals surface area contributed by atoms with Gasteiger partial charge in [0, 0.05) is 25.0 Å². The fraction of sp³-hybridized carbons (Fsp3) is 0.867. The summed E-state index contributed by atoms with van der Waals surface area (Å²) in [5, 5.41) is 3.09. The van der Waals surface area contributed by atoms with Crippen LogP contribution >= 0.6 is 0 Å². The first-order valence-electron chi connectivity index (χ1n) is 7.51. The minimum absolute atomic E-state index is 0.0464. The number of likely N-dealkylation sites (tertiary alicyclic amines) is 1. The van der Waals surface area contributed by atoms with Gasteiger partial charge in [0.2, 0.25) is 11.8 Å². The van der Waals surface area contributed by atoms with E-state index in [-0.39, 0.29) is 23.3 Å². The molecule has 1 aliphatic carbocycles. The lowest BCUT2D eigenvalue weighted by Crippen LogP contribution is -2.46. The normalized spacial score (nSPS) is 23.8. The van der Waals surface area contributed by atoms with Gasteiger partial charge in [-0.25, -0.2) is 0 Å². The highest BCUT2D eigenvalue weighted by atomic mass is 16.2. The lowest BCUT2D eigenvalue weighted by atomic mass is 9.97. The van der Waals surface area contributed by atoms with Crippen molar-refractivity contribution in [1.29, 1.82) is 0 Å².